The first-order valence-electron chi connectivity index (χ1n) is 12.5. The van der Waals surface area contributed by atoms with Crippen LogP contribution >= 0.6 is 0 Å². The van der Waals surface area contributed by atoms with Gasteiger partial charge in [-0.2, -0.15) is 0 Å². The quantitative estimate of drug-likeness (QED) is 0.272. The van der Waals surface area contributed by atoms with Crippen molar-refractivity contribution in [3.8, 4) is 0 Å². The number of fused-ring (bicyclic) bond motifs is 1. The second-order valence-corrected chi connectivity index (χ2v) is 9.41. The zero-order chi connectivity index (χ0) is 26.9. The van der Waals surface area contributed by atoms with Gasteiger partial charge in [0.05, 0.1) is 24.2 Å². The molecule has 3 rings (SSSR count). The number of hydrazine groups is 1. The van der Waals surface area contributed by atoms with Gasteiger partial charge in [0.2, 0.25) is 5.91 Å². The van der Waals surface area contributed by atoms with E-state index in [0.717, 1.165) is 16.6 Å². The second kappa shape index (κ2) is 13.2. The van der Waals surface area contributed by atoms with Crippen LogP contribution in [0.3, 0.4) is 0 Å². The first-order chi connectivity index (χ1) is 17.7. The van der Waals surface area contributed by atoms with Gasteiger partial charge in [0.25, 0.3) is 5.91 Å². The molecule has 0 bridgehead atoms. The molecule has 37 heavy (non-hydrogen) atoms. The van der Waals surface area contributed by atoms with Crippen LogP contribution in [0.5, 0.6) is 0 Å². The fourth-order valence-electron chi connectivity index (χ4n) is 4.12. The molecule has 1 aliphatic rings. The van der Waals surface area contributed by atoms with Crippen molar-refractivity contribution in [2.45, 2.75) is 64.4 Å². The molecule has 0 spiro atoms. The van der Waals surface area contributed by atoms with Crippen LogP contribution in [-0.4, -0.2) is 75.9 Å². The summed E-state index contributed by atoms with van der Waals surface area (Å²) >= 11 is 0. The van der Waals surface area contributed by atoms with Crippen LogP contribution in [0, 0.1) is 5.92 Å². The van der Waals surface area contributed by atoms with Gasteiger partial charge in [-0.3, -0.25) is 34.7 Å². The summed E-state index contributed by atoms with van der Waals surface area (Å²) in [4.78, 5) is 46.2. The van der Waals surface area contributed by atoms with Gasteiger partial charge >= 0.3 is 5.97 Å². The van der Waals surface area contributed by atoms with E-state index in [1.165, 1.54) is 12.1 Å². The van der Waals surface area contributed by atoms with Gasteiger partial charge in [-0.15, -0.1) is 0 Å². The number of nitrogens with one attached hydrogen (secondary N) is 3. The van der Waals surface area contributed by atoms with Crippen LogP contribution < -0.4 is 16.1 Å². The van der Waals surface area contributed by atoms with Crippen molar-refractivity contribution in [1.29, 1.82) is 0 Å². The Morgan fingerprint density at radius 2 is 1.95 bits per heavy atom. The predicted octanol–water partition coefficient (Wildman–Crippen LogP) is 1.14. The molecule has 11 heteroatoms. The van der Waals surface area contributed by atoms with Gasteiger partial charge in [0.1, 0.15) is 18.3 Å². The minimum Gasteiger partial charge on any atom is -0.468 e. The number of esters is 1. The lowest BCUT2D eigenvalue weighted by Crippen LogP contribution is -2.61. The van der Waals surface area contributed by atoms with Gasteiger partial charge < -0.3 is 15.2 Å². The van der Waals surface area contributed by atoms with Crippen LogP contribution in [0.2, 0.25) is 0 Å². The summed E-state index contributed by atoms with van der Waals surface area (Å²) in [6.45, 7) is 5.73. The third-order valence-corrected chi connectivity index (χ3v) is 6.15. The molecule has 4 unspecified atom stereocenters. The van der Waals surface area contributed by atoms with Gasteiger partial charge in [-0.1, -0.05) is 32.1 Å². The van der Waals surface area contributed by atoms with Crippen molar-refractivity contribution in [2.24, 2.45) is 5.92 Å². The highest BCUT2D eigenvalue weighted by Gasteiger charge is 2.32. The van der Waals surface area contributed by atoms with Crippen LogP contribution in [0.1, 0.15) is 45.6 Å². The molecule has 4 N–H and O–H groups in total. The molecule has 2 amide bonds. The summed E-state index contributed by atoms with van der Waals surface area (Å²) < 4.78 is 4.76. The van der Waals surface area contributed by atoms with Crippen molar-refractivity contribution in [1.82, 2.24) is 31.0 Å². The molecule has 0 saturated carbocycles. The lowest BCUT2D eigenvalue weighted by Gasteiger charge is -2.34. The predicted molar refractivity (Wildman–Crippen MR) is 138 cm³/mol. The highest BCUT2D eigenvalue weighted by atomic mass is 16.5. The molecular formula is C26H36N6O5. The Bertz CT molecular complexity index is 1120. The van der Waals surface area contributed by atoms with E-state index >= 15 is 0 Å². The second-order valence-electron chi connectivity index (χ2n) is 9.41. The van der Waals surface area contributed by atoms with Crippen molar-refractivity contribution in [3.05, 3.63) is 42.2 Å². The molecule has 1 fully saturated rings. The number of rotatable bonds is 10. The van der Waals surface area contributed by atoms with E-state index < -0.39 is 36.2 Å². The van der Waals surface area contributed by atoms with Crippen molar-refractivity contribution >= 4 is 34.9 Å². The first-order valence-corrected chi connectivity index (χ1v) is 12.5. The fourth-order valence-corrected chi connectivity index (χ4v) is 4.12. The molecule has 2 heterocycles. The average molecular weight is 513 g/mol. The van der Waals surface area contributed by atoms with Crippen molar-refractivity contribution in [3.63, 3.8) is 0 Å². The molecule has 0 radical (unpaired) electrons. The van der Waals surface area contributed by atoms with E-state index in [4.69, 9.17) is 4.74 Å². The van der Waals surface area contributed by atoms with Crippen molar-refractivity contribution < 1.29 is 24.2 Å². The average Bonchev–Trinajstić information content (AvgIpc) is 2.90. The standard InChI is InChI=1S/C26H36N6O5/c1-16(2)23(24(34)29-17(3)25(35)32-14-6-8-20(31-32)26(36)37-4)30-22(33)9-5-7-18-10-11-19-21(15-18)28-13-12-27-19/h5,7,10-13,15-17,20,22-23,30-31,33H,6,8-9,14H2,1-4H3,(H,29,34). The smallest absolute Gasteiger partial charge is 0.324 e. The molecular weight excluding hydrogens is 476 g/mol. The van der Waals surface area contributed by atoms with Gasteiger partial charge in [0, 0.05) is 25.4 Å². The zero-order valence-electron chi connectivity index (χ0n) is 21.7. The van der Waals surface area contributed by atoms with Crippen LogP contribution in [0.25, 0.3) is 17.1 Å². The van der Waals surface area contributed by atoms with Gasteiger partial charge in [-0.05, 0) is 43.4 Å². The summed E-state index contributed by atoms with van der Waals surface area (Å²) in [6, 6.07) is 3.57. The summed E-state index contributed by atoms with van der Waals surface area (Å²) in [7, 11) is 1.30. The maximum atomic E-state index is 13.0. The zero-order valence-corrected chi connectivity index (χ0v) is 21.7. The number of hydrogen-bond acceptors (Lipinski definition) is 9. The van der Waals surface area contributed by atoms with E-state index in [-0.39, 0.29) is 18.2 Å². The Morgan fingerprint density at radius 3 is 2.65 bits per heavy atom. The van der Waals surface area contributed by atoms with Crippen LogP contribution in [-0.2, 0) is 19.1 Å². The number of hydrogen-bond donors (Lipinski definition) is 4. The number of methoxy groups -OCH3 is 1. The van der Waals surface area contributed by atoms with Gasteiger partial charge in [0.15, 0.2) is 0 Å². The Kier molecular flexibility index (Phi) is 10.1. The number of aliphatic hydroxyl groups excluding tert-OH is 1. The number of carbonyl (C=O) groups excluding carboxylic acids is 3. The Labute approximate surface area is 216 Å². The highest BCUT2D eigenvalue weighted by molar-refractivity contribution is 5.90. The topological polar surface area (TPSA) is 146 Å². The normalized spacial score (nSPS) is 18.5. The summed E-state index contributed by atoms with van der Waals surface area (Å²) in [5.41, 5.74) is 5.39. The Morgan fingerprint density at radius 1 is 1.22 bits per heavy atom. The number of aromatic nitrogens is 2. The highest BCUT2D eigenvalue weighted by Crippen LogP contribution is 2.13. The molecule has 1 saturated heterocycles. The summed E-state index contributed by atoms with van der Waals surface area (Å²) in [6.07, 6.45) is 7.48. The minimum atomic E-state index is -0.967. The number of carbonyl (C=O) groups is 3. The number of benzene rings is 1. The molecule has 11 nitrogen and oxygen atoms in total. The largest absolute Gasteiger partial charge is 0.468 e. The maximum Gasteiger partial charge on any atom is 0.324 e. The van der Waals surface area contributed by atoms with Gasteiger partial charge in [-0.25, -0.2) is 5.43 Å². The van der Waals surface area contributed by atoms with Crippen LogP contribution in [0.15, 0.2) is 36.7 Å². The number of ether oxygens (including phenoxy) is 1. The summed E-state index contributed by atoms with van der Waals surface area (Å²) in [5, 5.41) is 17.6. The molecule has 1 aliphatic heterocycles. The molecule has 200 valence electrons. The van der Waals surface area contributed by atoms with E-state index in [2.05, 4.69) is 26.0 Å². The SMILES string of the molecule is COC(=O)C1CCCN(C(=O)C(C)NC(=O)C(NC(O)CC=Cc2ccc3nccnc3c2)C(C)C)N1. The number of nitrogens with zero attached hydrogens (tertiary/aromatic N) is 3. The first kappa shape index (κ1) is 28.2. The fraction of sp³-hybridized carbons (Fsp3) is 0.500. The van der Waals surface area contributed by atoms with Crippen LogP contribution in [0.4, 0.5) is 0 Å². The lowest BCUT2D eigenvalue weighted by atomic mass is 10.0. The van der Waals surface area contributed by atoms with E-state index in [1.807, 2.05) is 44.2 Å². The number of amides is 2. The molecule has 4 atom stereocenters. The van der Waals surface area contributed by atoms with Crippen molar-refractivity contribution in [2.75, 3.05) is 13.7 Å². The van der Waals surface area contributed by atoms with E-state index in [0.29, 0.717) is 19.4 Å². The third-order valence-electron chi connectivity index (χ3n) is 6.15. The molecule has 2 aromatic rings. The molecule has 1 aromatic heterocycles. The Hall–Kier alpha value is -3.41. The van der Waals surface area contributed by atoms with E-state index in [9.17, 15) is 19.5 Å². The Balaban J connectivity index is 1.53. The number of aliphatic hydroxyl groups is 1. The molecule has 1 aromatic carbocycles. The summed E-state index contributed by atoms with van der Waals surface area (Å²) in [5.74, 6) is -1.33. The monoisotopic (exact) mass is 512 g/mol. The molecule has 0 aliphatic carbocycles. The lowest BCUT2D eigenvalue weighted by molar-refractivity contribution is -0.150. The van der Waals surface area contributed by atoms with E-state index in [1.54, 1.807) is 19.3 Å². The minimum absolute atomic E-state index is 0.142. The third kappa shape index (κ3) is 7.78. The maximum absolute atomic E-state index is 13.0.